The summed E-state index contributed by atoms with van der Waals surface area (Å²) < 4.78 is 45.6. The summed E-state index contributed by atoms with van der Waals surface area (Å²) in [6.45, 7) is 5.73. The van der Waals surface area contributed by atoms with Crippen molar-refractivity contribution in [2.24, 2.45) is 0 Å². The molecule has 0 spiro atoms. The number of furan rings is 1. The lowest BCUT2D eigenvalue weighted by molar-refractivity contribution is -0.137. The third kappa shape index (κ3) is 3.46. The van der Waals surface area contributed by atoms with Crippen molar-refractivity contribution in [2.45, 2.75) is 32.4 Å². The third-order valence-corrected chi connectivity index (χ3v) is 4.15. The van der Waals surface area contributed by atoms with Crippen molar-refractivity contribution in [1.29, 1.82) is 0 Å². The Morgan fingerprint density at radius 2 is 1.69 bits per heavy atom. The van der Waals surface area contributed by atoms with Gasteiger partial charge < -0.3 is 4.42 Å². The standard InChI is InChI=1S/C17H14Cl2F3N3O/c1-16(2,3)15-23-14(12-5-4-6-26-12)25(24-15)13-10(18)7-9(8-11(13)19)17(20,21)22/h4-8H,1-3H3. The molecule has 0 fully saturated rings. The molecule has 0 aliphatic heterocycles. The smallest absolute Gasteiger partial charge is 0.416 e. The molecule has 0 radical (unpaired) electrons. The van der Waals surface area contributed by atoms with E-state index in [-0.39, 0.29) is 15.7 Å². The highest BCUT2D eigenvalue weighted by molar-refractivity contribution is 6.37. The number of nitrogens with zero attached hydrogens (tertiary/aromatic N) is 3. The minimum Gasteiger partial charge on any atom is -0.461 e. The van der Waals surface area contributed by atoms with E-state index in [0.29, 0.717) is 17.4 Å². The SMILES string of the molecule is CC(C)(C)c1nc(-c2ccco2)n(-c2c(Cl)cc(C(F)(F)F)cc2Cl)n1. The lowest BCUT2D eigenvalue weighted by Gasteiger charge is -2.14. The third-order valence-electron chi connectivity index (χ3n) is 3.58. The number of alkyl halides is 3. The van der Waals surface area contributed by atoms with Gasteiger partial charge in [0.25, 0.3) is 0 Å². The molecule has 0 amide bonds. The van der Waals surface area contributed by atoms with Crippen molar-refractivity contribution in [1.82, 2.24) is 14.8 Å². The molecule has 0 bridgehead atoms. The predicted octanol–water partition coefficient (Wildman–Crippen LogP) is 6.15. The van der Waals surface area contributed by atoms with E-state index in [4.69, 9.17) is 27.6 Å². The van der Waals surface area contributed by atoms with Gasteiger partial charge in [0, 0.05) is 5.41 Å². The molecular weight excluding hydrogens is 390 g/mol. The van der Waals surface area contributed by atoms with Crippen LogP contribution in [-0.4, -0.2) is 14.8 Å². The quantitative estimate of drug-likeness (QED) is 0.515. The Morgan fingerprint density at radius 3 is 2.15 bits per heavy atom. The van der Waals surface area contributed by atoms with Crippen LogP contribution in [0.4, 0.5) is 13.2 Å². The molecule has 0 aliphatic carbocycles. The fraction of sp³-hybridized carbons (Fsp3) is 0.294. The van der Waals surface area contributed by atoms with E-state index in [2.05, 4.69) is 10.1 Å². The molecule has 1 aromatic carbocycles. The van der Waals surface area contributed by atoms with Crippen LogP contribution in [0.25, 0.3) is 17.3 Å². The van der Waals surface area contributed by atoms with Gasteiger partial charge in [0.15, 0.2) is 17.4 Å². The number of hydrogen-bond donors (Lipinski definition) is 0. The number of hydrogen-bond acceptors (Lipinski definition) is 3. The number of aromatic nitrogens is 3. The molecule has 0 atom stereocenters. The van der Waals surface area contributed by atoms with E-state index < -0.39 is 17.2 Å². The normalized spacial score (nSPS) is 12.6. The van der Waals surface area contributed by atoms with E-state index >= 15 is 0 Å². The first-order chi connectivity index (χ1) is 12.0. The van der Waals surface area contributed by atoms with Gasteiger partial charge in [-0.05, 0) is 24.3 Å². The zero-order chi connectivity index (χ0) is 19.3. The molecule has 2 heterocycles. The average Bonchev–Trinajstić information content (AvgIpc) is 3.13. The van der Waals surface area contributed by atoms with Gasteiger partial charge >= 0.3 is 6.18 Å². The molecule has 3 aromatic rings. The molecule has 9 heteroatoms. The summed E-state index contributed by atoms with van der Waals surface area (Å²) in [6, 6.07) is 4.96. The average molecular weight is 404 g/mol. The summed E-state index contributed by atoms with van der Waals surface area (Å²) >= 11 is 12.3. The Kier molecular flexibility index (Phi) is 4.56. The Bertz CT molecular complexity index is 918. The zero-order valence-electron chi connectivity index (χ0n) is 14.0. The van der Waals surface area contributed by atoms with Crippen molar-refractivity contribution in [2.75, 3.05) is 0 Å². The van der Waals surface area contributed by atoms with Gasteiger partial charge in [-0.25, -0.2) is 9.67 Å². The largest absolute Gasteiger partial charge is 0.461 e. The van der Waals surface area contributed by atoms with Crippen molar-refractivity contribution in [3.05, 3.63) is 52.0 Å². The molecule has 0 saturated carbocycles. The molecule has 4 nitrogen and oxygen atoms in total. The molecule has 3 rings (SSSR count). The maximum atomic E-state index is 13.0. The van der Waals surface area contributed by atoms with Gasteiger partial charge in [0.1, 0.15) is 5.69 Å². The minimum absolute atomic E-state index is 0.107. The molecule has 0 N–H and O–H groups in total. The van der Waals surface area contributed by atoms with E-state index in [1.165, 1.54) is 10.9 Å². The topological polar surface area (TPSA) is 43.9 Å². The summed E-state index contributed by atoms with van der Waals surface area (Å²) in [4.78, 5) is 4.47. The molecule has 0 unspecified atom stereocenters. The van der Waals surface area contributed by atoms with Crippen LogP contribution in [0, 0.1) is 0 Å². The second-order valence-electron chi connectivity index (χ2n) is 6.68. The van der Waals surface area contributed by atoms with Gasteiger partial charge in [0.05, 0.1) is 21.9 Å². The predicted molar refractivity (Wildman–Crippen MR) is 92.8 cm³/mol. The highest BCUT2D eigenvalue weighted by atomic mass is 35.5. The molecule has 26 heavy (non-hydrogen) atoms. The van der Waals surface area contributed by atoms with Crippen LogP contribution in [0.2, 0.25) is 10.0 Å². The zero-order valence-corrected chi connectivity index (χ0v) is 15.5. The van der Waals surface area contributed by atoms with Crippen molar-refractivity contribution in [3.8, 4) is 17.3 Å². The summed E-state index contributed by atoms with van der Waals surface area (Å²) in [6.07, 6.45) is -3.10. The van der Waals surface area contributed by atoms with Gasteiger partial charge in [-0.3, -0.25) is 0 Å². The second-order valence-corrected chi connectivity index (χ2v) is 7.50. The van der Waals surface area contributed by atoms with E-state index in [1.54, 1.807) is 12.1 Å². The highest BCUT2D eigenvalue weighted by Gasteiger charge is 2.33. The molecule has 0 aliphatic rings. The molecule has 0 saturated heterocycles. The minimum atomic E-state index is -4.56. The summed E-state index contributed by atoms with van der Waals surface area (Å²) in [5.74, 6) is 1.15. The summed E-state index contributed by atoms with van der Waals surface area (Å²) in [7, 11) is 0. The van der Waals surface area contributed by atoms with Gasteiger partial charge in [-0.15, -0.1) is 5.10 Å². The Hall–Kier alpha value is -1.99. The van der Waals surface area contributed by atoms with Crippen LogP contribution < -0.4 is 0 Å². The van der Waals surface area contributed by atoms with Crippen LogP contribution in [0.5, 0.6) is 0 Å². The molecule has 2 aromatic heterocycles. The molecular formula is C17H14Cl2F3N3O. The van der Waals surface area contributed by atoms with E-state index in [0.717, 1.165) is 12.1 Å². The van der Waals surface area contributed by atoms with Gasteiger partial charge in [0.2, 0.25) is 0 Å². The van der Waals surface area contributed by atoms with Crippen molar-refractivity contribution >= 4 is 23.2 Å². The maximum absolute atomic E-state index is 13.0. The van der Waals surface area contributed by atoms with Gasteiger partial charge in [-0.2, -0.15) is 13.2 Å². The van der Waals surface area contributed by atoms with Crippen LogP contribution in [0.15, 0.2) is 34.9 Å². The highest BCUT2D eigenvalue weighted by Crippen LogP contribution is 2.39. The van der Waals surface area contributed by atoms with Gasteiger partial charge in [-0.1, -0.05) is 44.0 Å². The first kappa shape index (κ1) is 18.8. The number of halogens is 5. The molecule has 138 valence electrons. The maximum Gasteiger partial charge on any atom is 0.416 e. The van der Waals surface area contributed by atoms with Crippen LogP contribution >= 0.6 is 23.2 Å². The van der Waals surface area contributed by atoms with E-state index in [1.807, 2.05) is 20.8 Å². The Morgan fingerprint density at radius 1 is 1.08 bits per heavy atom. The monoisotopic (exact) mass is 403 g/mol. The summed E-state index contributed by atoms with van der Waals surface area (Å²) in [5, 5.41) is 4.03. The van der Waals surface area contributed by atoms with Crippen LogP contribution in [0.3, 0.4) is 0 Å². The summed E-state index contributed by atoms with van der Waals surface area (Å²) in [5.41, 5.74) is -1.24. The Labute approximate surface area is 157 Å². The van der Waals surface area contributed by atoms with Crippen LogP contribution in [-0.2, 0) is 11.6 Å². The lowest BCUT2D eigenvalue weighted by Crippen LogP contribution is -2.14. The fourth-order valence-corrected chi connectivity index (χ4v) is 2.93. The second kappa shape index (κ2) is 6.32. The first-order valence-electron chi connectivity index (χ1n) is 7.56. The van der Waals surface area contributed by atoms with Crippen molar-refractivity contribution < 1.29 is 17.6 Å². The number of rotatable bonds is 2. The van der Waals surface area contributed by atoms with E-state index in [9.17, 15) is 13.2 Å². The lowest BCUT2D eigenvalue weighted by atomic mass is 9.96. The fourth-order valence-electron chi connectivity index (χ4n) is 2.28. The Balaban J connectivity index is 2.26. The first-order valence-corrected chi connectivity index (χ1v) is 8.32. The number of benzene rings is 1. The van der Waals surface area contributed by atoms with Crippen molar-refractivity contribution in [3.63, 3.8) is 0 Å². The van der Waals surface area contributed by atoms with Crippen LogP contribution in [0.1, 0.15) is 32.2 Å².